The predicted octanol–water partition coefficient (Wildman–Crippen LogP) is 0.829. The molecule has 2 saturated heterocycles. The van der Waals surface area contributed by atoms with E-state index in [1.54, 1.807) is 11.8 Å². The van der Waals surface area contributed by atoms with Gasteiger partial charge in [0.2, 0.25) is 5.91 Å². The zero-order valence-corrected chi connectivity index (χ0v) is 15.9. The van der Waals surface area contributed by atoms with Crippen molar-refractivity contribution < 1.29 is 24.0 Å². The summed E-state index contributed by atoms with van der Waals surface area (Å²) in [5.41, 5.74) is 0.653. The molecule has 2 aromatic rings. The number of hydrogen-bond acceptors (Lipinski definition) is 4. The highest BCUT2D eigenvalue weighted by atomic mass is 16.6. The largest absolute Gasteiger partial charge is 0.450 e. The second kappa shape index (κ2) is 7.59. The lowest BCUT2D eigenvalue weighted by atomic mass is 10.1. The highest BCUT2D eigenvalue weighted by molar-refractivity contribution is 6.24. The van der Waals surface area contributed by atoms with Crippen LogP contribution in [0.5, 0.6) is 0 Å². The van der Waals surface area contributed by atoms with E-state index < -0.39 is 6.04 Å². The average molecular weight is 382 g/mol. The van der Waals surface area contributed by atoms with Gasteiger partial charge in [-0.05, 0) is 18.4 Å². The maximum absolute atomic E-state index is 13.2. The van der Waals surface area contributed by atoms with Gasteiger partial charge in [-0.1, -0.05) is 36.4 Å². The monoisotopic (exact) mass is 382 g/mol. The third-order valence-electron chi connectivity index (χ3n) is 5.58. The predicted molar refractivity (Wildman–Crippen MR) is 104 cm³/mol. The molecule has 7 heteroatoms. The maximum Gasteiger partial charge on any atom is 0.410 e. The van der Waals surface area contributed by atoms with Crippen LogP contribution < -0.4 is 9.80 Å². The highest BCUT2D eigenvalue weighted by Crippen LogP contribution is 2.30. The normalized spacial score (nSPS) is 20.8. The van der Waals surface area contributed by atoms with Crippen LogP contribution in [0.3, 0.4) is 0 Å². The van der Waals surface area contributed by atoms with Crippen molar-refractivity contribution in [1.29, 1.82) is 0 Å². The number of fused-ring (bicyclic) bond motifs is 1. The van der Waals surface area contributed by atoms with E-state index in [9.17, 15) is 14.4 Å². The van der Waals surface area contributed by atoms with Crippen molar-refractivity contribution in [3.63, 3.8) is 0 Å². The molecule has 2 fully saturated rings. The minimum Gasteiger partial charge on any atom is -0.450 e. The molecule has 28 heavy (non-hydrogen) atoms. The van der Waals surface area contributed by atoms with Crippen molar-refractivity contribution >= 4 is 34.4 Å². The summed E-state index contributed by atoms with van der Waals surface area (Å²) in [5, 5.41) is 1.90. The Bertz CT molecular complexity index is 916. The van der Waals surface area contributed by atoms with Crippen LogP contribution in [0.4, 0.5) is 10.5 Å². The molecule has 2 aromatic carbocycles. The van der Waals surface area contributed by atoms with Gasteiger partial charge in [0.25, 0.3) is 5.91 Å². The van der Waals surface area contributed by atoms with Crippen LogP contribution >= 0.6 is 0 Å². The molecular formula is C21H24N3O4+. The number of quaternary nitrogens is 1. The highest BCUT2D eigenvalue weighted by Gasteiger charge is 2.47. The third kappa shape index (κ3) is 3.22. The summed E-state index contributed by atoms with van der Waals surface area (Å²) in [6.45, 7) is 4.45. The molecule has 0 spiro atoms. The van der Waals surface area contributed by atoms with Crippen molar-refractivity contribution in [2.45, 2.75) is 19.4 Å². The summed E-state index contributed by atoms with van der Waals surface area (Å²) in [5.74, 6) is -0.312. The number of carbonyl (C=O) groups is 3. The lowest BCUT2D eigenvalue weighted by molar-refractivity contribution is -0.918. The van der Waals surface area contributed by atoms with Crippen LogP contribution in [0.2, 0.25) is 0 Å². The Kier molecular flexibility index (Phi) is 5.00. The molecule has 1 N–H and O–H groups in total. The zero-order chi connectivity index (χ0) is 19.7. The summed E-state index contributed by atoms with van der Waals surface area (Å²) in [7, 11) is 0. The standard InChI is InChI=1S/C21H23N3O4/c1-2-28-21(27)23-12-10-22(11-13-23)18-14-19(25)24(20(18)26)17-9-5-7-15-6-3-4-8-16(15)17/h3-9,18H,2,10-14H2,1H3/p+1/t18-/m1/s1. The van der Waals surface area contributed by atoms with Gasteiger partial charge in [-0.2, -0.15) is 0 Å². The molecule has 0 bridgehead atoms. The van der Waals surface area contributed by atoms with Crippen LogP contribution in [0.25, 0.3) is 10.8 Å². The maximum atomic E-state index is 13.2. The van der Waals surface area contributed by atoms with E-state index in [0.717, 1.165) is 15.7 Å². The fourth-order valence-electron chi connectivity index (χ4n) is 4.15. The molecule has 0 saturated carbocycles. The number of ether oxygens (including phenoxy) is 1. The van der Waals surface area contributed by atoms with Crippen molar-refractivity contribution in [3.8, 4) is 0 Å². The van der Waals surface area contributed by atoms with E-state index in [2.05, 4.69) is 0 Å². The van der Waals surface area contributed by atoms with Crippen LogP contribution in [-0.4, -0.2) is 61.6 Å². The number of nitrogens with zero attached hydrogens (tertiary/aromatic N) is 2. The zero-order valence-electron chi connectivity index (χ0n) is 15.9. The number of amides is 3. The number of anilines is 1. The van der Waals surface area contributed by atoms with Crippen LogP contribution in [0.1, 0.15) is 13.3 Å². The molecule has 0 aliphatic carbocycles. The SMILES string of the molecule is CCOC(=O)N1CC[NH+]([C@@H]2CC(=O)N(c3cccc4ccccc34)C2=O)CC1. The first-order valence-electron chi connectivity index (χ1n) is 9.71. The van der Waals surface area contributed by atoms with Gasteiger partial charge in [0.1, 0.15) is 0 Å². The smallest absolute Gasteiger partial charge is 0.410 e. The van der Waals surface area contributed by atoms with Crippen LogP contribution in [0, 0.1) is 0 Å². The summed E-state index contributed by atoms with van der Waals surface area (Å²) in [6.07, 6.45) is -0.107. The summed E-state index contributed by atoms with van der Waals surface area (Å²) in [6, 6.07) is 13.0. The fraction of sp³-hybridized carbons (Fsp3) is 0.381. The van der Waals surface area contributed by atoms with Crippen molar-refractivity contribution in [1.82, 2.24) is 4.90 Å². The van der Waals surface area contributed by atoms with Gasteiger partial charge < -0.3 is 9.64 Å². The molecule has 0 radical (unpaired) electrons. The quantitative estimate of drug-likeness (QED) is 0.799. The van der Waals surface area contributed by atoms with Crippen molar-refractivity contribution in [2.75, 3.05) is 37.7 Å². The first-order valence-corrected chi connectivity index (χ1v) is 9.71. The molecule has 7 nitrogen and oxygen atoms in total. The average Bonchev–Trinajstić information content (AvgIpc) is 3.02. The molecule has 146 valence electrons. The van der Waals surface area contributed by atoms with E-state index in [1.165, 1.54) is 4.90 Å². The Morgan fingerprint density at radius 2 is 1.82 bits per heavy atom. The van der Waals surface area contributed by atoms with E-state index in [4.69, 9.17) is 4.74 Å². The van der Waals surface area contributed by atoms with Gasteiger partial charge in [0.15, 0.2) is 6.04 Å². The minimum absolute atomic E-state index is 0.152. The molecule has 4 rings (SSSR count). The Labute approximate surface area is 163 Å². The molecule has 0 unspecified atom stereocenters. The summed E-state index contributed by atoms with van der Waals surface area (Å²) >= 11 is 0. The fourth-order valence-corrected chi connectivity index (χ4v) is 4.15. The van der Waals surface area contributed by atoms with Crippen molar-refractivity contribution in [3.05, 3.63) is 42.5 Å². The van der Waals surface area contributed by atoms with E-state index in [0.29, 0.717) is 38.5 Å². The minimum atomic E-state index is -0.393. The van der Waals surface area contributed by atoms with Gasteiger partial charge in [-0.15, -0.1) is 0 Å². The van der Waals surface area contributed by atoms with E-state index in [-0.39, 0.29) is 24.3 Å². The summed E-state index contributed by atoms with van der Waals surface area (Å²) in [4.78, 5) is 41.8. The van der Waals surface area contributed by atoms with Crippen molar-refractivity contribution in [2.24, 2.45) is 0 Å². The summed E-state index contributed by atoms with van der Waals surface area (Å²) < 4.78 is 5.04. The third-order valence-corrected chi connectivity index (χ3v) is 5.58. The van der Waals surface area contributed by atoms with Gasteiger partial charge in [0.05, 0.1) is 44.9 Å². The Balaban J connectivity index is 1.51. The number of carbonyl (C=O) groups excluding carboxylic acids is 3. The number of hydrogen-bond donors (Lipinski definition) is 1. The first-order chi connectivity index (χ1) is 13.6. The second-order valence-corrected chi connectivity index (χ2v) is 7.17. The Morgan fingerprint density at radius 1 is 1.11 bits per heavy atom. The number of imide groups is 1. The number of benzene rings is 2. The molecule has 2 aliphatic heterocycles. The molecular weight excluding hydrogens is 358 g/mol. The number of nitrogens with one attached hydrogen (secondary N) is 1. The molecule has 0 aromatic heterocycles. The van der Waals surface area contributed by atoms with Crippen LogP contribution in [0.15, 0.2) is 42.5 Å². The second-order valence-electron chi connectivity index (χ2n) is 7.17. The van der Waals surface area contributed by atoms with Gasteiger partial charge in [-0.25, -0.2) is 9.69 Å². The first kappa shape index (κ1) is 18.4. The topological polar surface area (TPSA) is 71.4 Å². The van der Waals surface area contributed by atoms with Gasteiger partial charge in [0, 0.05) is 5.39 Å². The number of rotatable bonds is 3. The van der Waals surface area contributed by atoms with E-state index in [1.807, 2.05) is 42.5 Å². The number of piperazine rings is 1. The Morgan fingerprint density at radius 3 is 2.57 bits per heavy atom. The molecule has 3 amide bonds. The molecule has 1 atom stereocenters. The molecule has 2 aliphatic rings. The lowest BCUT2D eigenvalue weighted by Crippen LogP contribution is -3.19. The van der Waals surface area contributed by atoms with Gasteiger partial charge >= 0.3 is 6.09 Å². The van der Waals surface area contributed by atoms with E-state index >= 15 is 0 Å². The lowest BCUT2D eigenvalue weighted by Gasteiger charge is -2.33. The molecule has 2 heterocycles. The van der Waals surface area contributed by atoms with Gasteiger partial charge in [-0.3, -0.25) is 14.5 Å². The van der Waals surface area contributed by atoms with Crippen LogP contribution in [-0.2, 0) is 14.3 Å². The Hall–Kier alpha value is -2.93.